The molecule has 1 aliphatic carbocycles. The van der Waals surface area contributed by atoms with Crippen LogP contribution >= 0.6 is 0 Å². The number of benzene rings is 1. The van der Waals surface area contributed by atoms with Crippen LogP contribution in [-0.2, 0) is 35.0 Å². The summed E-state index contributed by atoms with van der Waals surface area (Å²) in [5, 5.41) is 0. The summed E-state index contributed by atoms with van der Waals surface area (Å²) < 4.78 is 35.4. The first-order valence-corrected chi connectivity index (χ1v) is 12.1. The molecule has 1 aromatic rings. The number of hydrogen-bond acceptors (Lipinski definition) is 7. The molecular formula is C25H35NO7. The van der Waals surface area contributed by atoms with Crippen molar-refractivity contribution >= 4 is 6.09 Å². The van der Waals surface area contributed by atoms with Crippen molar-refractivity contribution in [2.24, 2.45) is 5.92 Å². The summed E-state index contributed by atoms with van der Waals surface area (Å²) >= 11 is 0. The molecule has 1 spiro atoms. The minimum absolute atomic E-state index is 0.00497. The van der Waals surface area contributed by atoms with E-state index in [0.717, 1.165) is 19.3 Å². The second-order valence-corrected chi connectivity index (χ2v) is 9.71. The lowest BCUT2D eigenvalue weighted by Gasteiger charge is -2.43. The van der Waals surface area contributed by atoms with Gasteiger partial charge in [0.2, 0.25) is 0 Å². The SMILES string of the molecule is COC1C(OC(=O)N2CCOCC2)CCC2(CO2)C1C1(C)OC1CCOCc1ccccc1. The Morgan fingerprint density at radius 2 is 1.97 bits per heavy atom. The Hall–Kier alpha value is -1.71. The molecular weight excluding hydrogens is 426 g/mol. The third-order valence-corrected chi connectivity index (χ3v) is 7.65. The van der Waals surface area contributed by atoms with Crippen molar-refractivity contribution in [1.29, 1.82) is 0 Å². The van der Waals surface area contributed by atoms with Gasteiger partial charge in [0, 0.05) is 26.8 Å². The number of ether oxygens (including phenoxy) is 6. The zero-order chi connectivity index (χ0) is 22.9. The highest BCUT2D eigenvalue weighted by Crippen LogP contribution is 2.59. The lowest BCUT2D eigenvalue weighted by molar-refractivity contribution is -0.123. The lowest BCUT2D eigenvalue weighted by Crippen LogP contribution is -2.56. The van der Waals surface area contributed by atoms with Gasteiger partial charge in [0.05, 0.1) is 38.4 Å². The molecule has 3 heterocycles. The molecule has 5 rings (SSSR count). The van der Waals surface area contributed by atoms with Crippen molar-refractivity contribution in [3.63, 3.8) is 0 Å². The van der Waals surface area contributed by atoms with Crippen molar-refractivity contribution in [3.05, 3.63) is 35.9 Å². The second kappa shape index (κ2) is 9.50. The molecule has 182 valence electrons. The van der Waals surface area contributed by atoms with Gasteiger partial charge in [-0.05, 0) is 31.7 Å². The van der Waals surface area contributed by atoms with Crippen molar-refractivity contribution in [2.75, 3.05) is 46.6 Å². The van der Waals surface area contributed by atoms with Gasteiger partial charge in [0.15, 0.2) is 0 Å². The molecule has 3 aliphatic heterocycles. The van der Waals surface area contributed by atoms with Crippen LogP contribution in [-0.4, -0.2) is 87.1 Å². The largest absolute Gasteiger partial charge is 0.443 e. The number of rotatable bonds is 8. The smallest absolute Gasteiger partial charge is 0.410 e. The summed E-state index contributed by atoms with van der Waals surface area (Å²) in [4.78, 5) is 14.5. The maximum atomic E-state index is 12.7. The van der Waals surface area contributed by atoms with E-state index in [1.165, 1.54) is 5.56 Å². The second-order valence-electron chi connectivity index (χ2n) is 9.71. The normalized spacial score (nSPS) is 37.7. The molecule has 0 aromatic heterocycles. The van der Waals surface area contributed by atoms with Crippen LogP contribution < -0.4 is 0 Å². The first kappa shape index (κ1) is 23.1. The molecule has 1 saturated carbocycles. The number of morpholine rings is 1. The Morgan fingerprint density at radius 3 is 2.67 bits per heavy atom. The van der Waals surface area contributed by atoms with E-state index in [2.05, 4.69) is 19.1 Å². The number of nitrogens with zero attached hydrogens (tertiary/aromatic N) is 1. The van der Waals surface area contributed by atoms with E-state index >= 15 is 0 Å². The van der Waals surface area contributed by atoms with E-state index in [1.807, 2.05) is 18.2 Å². The fourth-order valence-electron chi connectivity index (χ4n) is 5.70. The Kier molecular flexibility index (Phi) is 6.64. The third-order valence-electron chi connectivity index (χ3n) is 7.65. The molecule has 6 unspecified atom stereocenters. The maximum Gasteiger partial charge on any atom is 0.410 e. The predicted octanol–water partition coefficient (Wildman–Crippen LogP) is 2.78. The van der Waals surface area contributed by atoms with Crippen LogP contribution in [0.5, 0.6) is 0 Å². The molecule has 3 saturated heterocycles. The summed E-state index contributed by atoms with van der Waals surface area (Å²) in [5.41, 5.74) is 0.549. The van der Waals surface area contributed by atoms with Crippen LogP contribution in [0.4, 0.5) is 4.79 Å². The average molecular weight is 462 g/mol. The van der Waals surface area contributed by atoms with Gasteiger partial charge in [0.25, 0.3) is 0 Å². The van der Waals surface area contributed by atoms with Crippen LogP contribution in [0.25, 0.3) is 0 Å². The molecule has 33 heavy (non-hydrogen) atoms. The van der Waals surface area contributed by atoms with Gasteiger partial charge in [-0.25, -0.2) is 4.79 Å². The highest BCUT2D eigenvalue weighted by Gasteiger charge is 2.72. The van der Waals surface area contributed by atoms with Gasteiger partial charge in [-0.3, -0.25) is 0 Å². The molecule has 4 aliphatic rings. The van der Waals surface area contributed by atoms with Crippen molar-refractivity contribution < 1.29 is 33.2 Å². The Balaban J connectivity index is 1.19. The average Bonchev–Trinajstić information content (AvgIpc) is 3.76. The fraction of sp³-hybridized carbons (Fsp3) is 0.720. The predicted molar refractivity (Wildman–Crippen MR) is 119 cm³/mol. The first-order valence-electron chi connectivity index (χ1n) is 12.1. The minimum atomic E-state index is -0.378. The number of epoxide rings is 2. The van der Waals surface area contributed by atoms with Crippen LogP contribution in [0, 0.1) is 5.92 Å². The molecule has 6 atom stereocenters. The van der Waals surface area contributed by atoms with Gasteiger partial charge >= 0.3 is 6.09 Å². The van der Waals surface area contributed by atoms with Crippen LogP contribution in [0.15, 0.2) is 30.3 Å². The molecule has 8 nitrogen and oxygen atoms in total. The van der Waals surface area contributed by atoms with E-state index in [4.69, 9.17) is 28.4 Å². The van der Waals surface area contributed by atoms with Gasteiger partial charge in [-0.2, -0.15) is 0 Å². The molecule has 0 N–H and O–H groups in total. The third kappa shape index (κ3) is 4.77. The van der Waals surface area contributed by atoms with Crippen molar-refractivity contribution in [1.82, 2.24) is 4.90 Å². The molecule has 8 heteroatoms. The molecule has 0 bridgehead atoms. The number of amides is 1. The zero-order valence-electron chi connectivity index (χ0n) is 19.6. The fourth-order valence-corrected chi connectivity index (χ4v) is 5.70. The van der Waals surface area contributed by atoms with Gasteiger partial charge < -0.3 is 33.3 Å². The number of methoxy groups -OCH3 is 1. The topological polar surface area (TPSA) is 82.3 Å². The Bertz CT molecular complexity index is 810. The highest BCUT2D eigenvalue weighted by molar-refractivity contribution is 5.68. The van der Waals surface area contributed by atoms with E-state index in [9.17, 15) is 4.79 Å². The summed E-state index contributed by atoms with van der Waals surface area (Å²) in [5.74, 6) is 0.00497. The molecule has 0 radical (unpaired) electrons. The highest BCUT2D eigenvalue weighted by atomic mass is 16.6. The van der Waals surface area contributed by atoms with E-state index in [-0.39, 0.29) is 41.5 Å². The summed E-state index contributed by atoms with van der Waals surface area (Å²) in [7, 11) is 1.69. The molecule has 4 fully saturated rings. The van der Waals surface area contributed by atoms with Crippen molar-refractivity contribution in [3.8, 4) is 0 Å². The van der Waals surface area contributed by atoms with Gasteiger partial charge in [-0.15, -0.1) is 0 Å². The van der Waals surface area contributed by atoms with Crippen molar-refractivity contribution in [2.45, 2.75) is 62.3 Å². The van der Waals surface area contributed by atoms with E-state index in [1.54, 1.807) is 12.0 Å². The Morgan fingerprint density at radius 1 is 1.21 bits per heavy atom. The Labute approximate surface area is 195 Å². The monoisotopic (exact) mass is 461 g/mol. The van der Waals surface area contributed by atoms with E-state index < -0.39 is 0 Å². The molecule has 1 amide bonds. The maximum absolute atomic E-state index is 12.7. The quantitative estimate of drug-likeness (QED) is 0.435. The standard InChI is InChI=1S/C25H35NO7/c1-24(20(33-24)9-13-30-16-18-6-4-3-5-7-18)22-21(28-2)19(8-10-25(22)17-31-25)32-23(27)26-11-14-29-15-12-26/h3-7,19-22H,8-17H2,1-2H3. The number of hydrogen-bond donors (Lipinski definition) is 0. The first-order chi connectivity index (χ1) is 16.1. The van der Waals surface area contributed by atoms with Crippen LogP contribution in [0.1, 0.15) is 31.7 Å². The summed E-state index contributed by atoms with van der Waals surface area (Å²) in [6, 6.07) is 10.2. The zero-order valence-corrected chi connectivity index (χ0v) is 19.6. The van der Waals surface area contributed by atoms with E-state index in [0.29, 0.717) is 46.1 Å². The lowest BCUT2D eigenvalue weighted by atomic mass is 9.68. The van der Waals surface area contributed by atoms with Crippen LogP contribution in [0.2, 0.25) is 0 Å². The minimum Gasteiger partial charge on any atom is -0.443 e. The van der Waals surface area contributed by atoms with Gasteiger partial charge in [0.1, 0.15) is 23.4 Å². The number of carbonyl (C=O) groups is 1. The van der Waals surface area contributed by atoms with Crippen LogP contribution in [0.3, 0.4) is 0 Å². The van der Waals surface area contributed by atoms with Gasteiger partial charge in [-0.1, -0.05) is 30.3 Å². The number of carbonyl (C=O) groups excluding carboxylic acids is 1. The summed E-state index contributed by atoms with van der Waals surface area (Å²) in [6.45, 7) is 6.29. The molecule has 1 aromatic carbocycles. The summed E-state index contributed by atoms with van der Waals surface area (Å²) in [6.07, 6.45) is 1.58.